The van der Waals surface area contributed by atoms with Crippen LogP contribution in [0.5, 0.6) is 0 Å². The minimum atomic E-state index is -0.755. The first-order valence-corrected chi connectivity index (χ1v) is 8.53. The molecular formula is C18H21N3O6. The van der Waals surface area contributed by atoms with Gasteiger partial charge in [0.25, 0.3) is 17.7 Å². The first-order valence-electron chi connectivity index (χ1n) is 8.53. The Hall–Kier alpha value is -3.23. The predicted octanol–water partition coefficient (Wildman–Crippen LogP) is -0.143. The van der Waals surface area contributed by atoms with Crippen LogP contribution in [0.4, 0.5) is 0 Å². The summed E-state index contributed by atoms with van der Waals surface area (Å²) in [6.45, 7) is 3.01. The summed E-state index contributed by atoms with van der Waals surface area (Å²) >= 11 is 0. The summed E-state index contributed by atoms with van der Waals surface area (Å²) in [6, 6.07) is 5.65. The predicted molar refractivity (Wildman–Crippen MR) is 93.7 cm³/mol. The molecule has 9 nitrogen and oxygen atoms in total. The summed E-state index contributed by atoms with van der Waals surface area (Å²) < 4.78 is 4.82. The molecule has 0 saturated heterocycles. The summed E-state index contributed by atoms with van der Waals surface area (Å²) in [5, 5.41) is 4.95. The van der Waals surface area contributed by atoms with Gasteiger partial charge in [-0.05, 0) is 26.0 Å². The number of rotatable bonds is 8. The molecule has 0 saturated carbocycles. The maximum atomic E-state index is 12.2. The number of likely N-dealkylation sites (N-methyl/N-ethyl adjacent to an activating group) is 1. The van der Waals surface area contributed by atoms with E-state index in [0.29, 0.717) is 17.7 Å². The van der Waals surface area contributed by atoms with Gasteiger partial charge < -0.3 is 15.4 Å². The molecule has 1 aliphatic heterocycles. The number of ether oxygens (including phenoxy) is 1. The second-order valence-corrected chi connectivity index (χ2v) is 5.90. The largest absolute Gasteiger partial charge is 0.456 e. The molecule has 144 valence electrons. The molecule has 0 bridgehead atoms. The molecule has 0 fully saturated rings. The molecule has 9 heteroatoms. The minimum absolute atomic E-state index is 0.137. The zero-order valence-corrected chi connectivity index (χ0v) is 15.1. The lowest BCUT2D eigenvalue weighted by Crippen LogP contribution is -2.46. The van der Waals surface area contributed by atoms with Gasteiger partial charge in [0.1, 0.15) is 6.04 Å². The van der Waals surface area contributed by atoms with E-state index in [9.17, 15) is 24.0 Å². The maximum Gasteiger partial charge on any atom is 0.308 e. The number of esters is 1. The SMILES string of the molecule is CCNC(=O)[C@H](C)NC(=O)COC(=O)CCN1C(=O)c2ccccc2C1=O. The van der Waals surface area contributed by atoms with Crippen molar-refractivity contribution in [1.82, 2.24) is 15.5 Å². The molecule has 0 radical (unpaired) electrons. The van der Waals surface area contributed by atoms with Gasteiger partial charge in [0.05, 0.1) is 17.5 Å². The molecule has 1 aromatic rings. The number of carbonyl (C=O) groups excluding carboxylic acids is 5. The highest BCUT2D eigenvalue weighted by atomic mass is 16.5. The van der Waals surface area contributed by atoms with Crippen LogP contribution in [0.15, 0.2) is 24.3 Å². The highest BCUT2D eigenvalue weighted by molar-refractivity contribution is 6.21. The van der Waals surface area contributed by atoms with E-state index >= 15 is 0 Å². The van der Waals surface area contributed by atoms with Gasteiger partial charge in [0, 0.05) is 13.1 Å². The third kappa shape index (κ3) is 4.90. The van der Waals surface area contributed by atoms with Crippen molar-refractivity contribution < 1.29 is 28.7 Å². The Balaban J connectivity index is 1.76. The fourth-order valence-corrected chi connectivity index (χ4v) is 2.54. The van der Waals surface area contributed by atoms with Crippen molar-refractivity contribution in [3.8, 4) is 0 Å². The van der Waals surface area contributed by atoms with Gasteiger partial charge in [-0.25, -0.2) is 0 Å². The van der Waals surface area contributed by atoms with E-state index in [1.54, 1.807) is 31.2 Å². The molecule has 1 atom stereocenters. The first kappa shape index (κ1) is 20.1. The number of benzene rings is 1. The van der Waals surface area contributed by atoms with Gasteiger partial charge in [0.2, 0.25) is 5.91 Å². The van der Waals surface area contributed by atoms with Crippen molar-refractivity contribution in [2.24, 2.45) is 0 Å². The lowest BCUT2D eigenvalue weighted by Gasteiger charge is -2.14. The standard InChI is InChI=1S/C18H21N3O6/c1-3-19-16(24)11(2)20-14(22)10-27-15(23)8-9-21-17(25)12-6-4-5-7-13(12)18(21)26/h4-7,11H,3,8-10H2,1-2H3,(H,19,24)(H,20,22)/t11-/m0/s1. The van der Waals surface area contributed by atoms with Crippen LogP contribution in [0.1, 0.15) is 41.0 Å². The Morgan fingerprint density at radius 3 is 2.26 bits per heavy atom. The number of nitrogens with zero attached hydrogens (tertiary/aromatic N) is 1. The van der Waals surface area contributed by atoms with Crippen LogP contribution in [-0.4, -0.2) is 60.2 Å². The summed E-state index contributed by atoms with van der Waals surface area (Å²) in [5.74, 6) is -2.62. The van der Waals surface area contributed by atoms with Crippen LogP contribution in [-0.2, 0) is 19.1 Å². The molecule has 2 rings (SSSR count). The smallest absolute Gasteiger partial charge is 0.308 e. The first-order chi connectivity index (χ1) is 12.8. The van der Waals surface area contributed by atoms with Gasteiger partial charge in [-0.2, -0.15) is 0 Å². The van der Waals surface area contributed by atoms with E-state index < -0.39 is 36.3 Å². The van der Waals surface area contributed by atoms with E-state index in [1.807, 2.05) is 0 Å². The average Bonchev–Trinajstić information content (AvgIpc) is 2.89. The van der Waals surface area contributed by atoms with Gasteiger partial charge in [-0.15, -0.1) is 0 Å². The number of amides is 4. The highest BCUT2D eigenvalue weighted by Crippen LogP contribution is 2.22. The number of hydrogen-bond donors (Lipinski definition) is 2. The third-order valence-corrected chi connectivity index (χ3v) is 3.90. The Kier molecular flexibility index (Phi) is 6.64. The minimum Gasteiger partial charge on any atom is -0.456 e. The van der Waals surface area contributed by atoms with E-state index in [4.69, 9.17) is 4.74 Å². The fourth-order valence-electron chi connectivity index (χ4n) is 2.54. The zero-order valence-electron chi connectivity index (χ0n) is 15.1. The second kappa shape index (κ2) is 8.93. The normalized spacial score (nSPS) is 13.8. The number of carbonyl (C=O) groups is 5. The van der Waals surface area contributed by atoms with Crippen LogP contribution >= 0.6 is 0 Å². The van der Waals surface area contributed by atoms with Gasteiger partial charge in [-0.3, -0.25) is 28.9 Å². The molecule has 1 aliphatic rings. The Bertz CT molecular complexity index is 741. The highest BCUT2D eigenvalue weighted by Gasteiger charge is 2.35. The van der Waals surface area contributed by atoms with Crippen molar-refractivity contribution in [2.75, 3.05) is 19.7 Å². The van der Waals surface area contributed by atoms with E-state index in [2.05, 4.69) is 10.6 Å². The van der Waals surface area contributed by atoms with Crippen LogP contribution in [0.2, 0.25) is 0 Å². The molecular weight excluding hydrogens is 354 g/mol. The van der Waals surface area contributed by atoms with Crippen molar-refractivity contribution in [3.63, 3.8) is 0 Å². The van der Waals surface area contributed by atoms with Crippen LogP contribution in [0.25, 0.3) is 0 Å². The lowest BCUT2D eigenvalue weighted by atomic mass is 10.1. The van der Waals surface area contributed by atoms with E-state index in [1.165, 1.54) is 6.92 Å². The second-order valence-electron chi connectivity index (χ2n) is 5.90. The summed E-state index contributed by atoms with van der Waals surface area (Å²) in [6.07, 6.45) is -0.232. The zero-order chi connectivity index (χ0) is 20.0. The third-order valence-electron chi connectivity index (χ3n) is 3.90. The molecule has 1 heterocycles. The molecule has 27 heavy (non-hydrogen) atoms. The molecule has 0 aromatic heterocycles. The topological polar surface area (TPSA) is 122 Å². The lowest BCUT2D eigenvalue weighted by molar-refractivity contribution is -0.149. The monoisotopic (exact) mass is 375 g/mol. The maximum absolute atomic E-state index is 12.2. The molecule has 0 unspecified atom stereocenters. The fraction of sp³-hybridized carbons (Fsp3) is 0.389. The Labute approximate surface area is 156 Å². The van der Waals surface area contributed by atoms with Gasteiger partial charge in [-0.1, -0.05) is 12.1 Å². The molecule has 1 aromatic carbocycles. The molecule has 0 spiro atoms. The Morgan fingerprint density at radius 2 is 1.70 bits per heavy atom. The van der Waals surface area contributed by atoms with Crippen LogP contribution < -0.4 is 10.6 Å². The molecule has 2 N–H and O–H groups in total. The number of hydrogen-bond acceptors (Lipinski definition) is 6. The van der Waals surface area contributed by atoms with Gasteiger partial charge >= 0.3 is 5.97 Å². The number of imide groups is 1. The average molecular weight is 375 g/mol. The molecule has 4 amide bonds. The van der Waals surface area contributed by atoms with Gasteiger partial charge in [0.15, 0.2) is 6.61 Å². The summed E-state index contributed by atoms with van der Waals surface area (Å²) in [5.41, 5.74) is 0.601. The Morgan fingerprint density at radius 1 is 1.11 bits per heavy atom. The van der Waals surface area contributed by atoms with Crippen molar-refractivity contribution in [2.45, 2.75) is 26.3 Å². The summed E-state index contributed by atoms with van der Waals surface area (Å²) in [7, 11) is 0. The van der Waals surface area contributed by atoms with Crippen molar-refractivity contribution >= 4 is 29.6 Å². The van der Waals surface area contributed by atoms with E-state index in [0.717, 1.165) is 4.90 Å². The van der Waals surface area contributed by atoms with E-state index in [-0.39, 0.29) is 18.9 Å². The van der Waals surface area contributed by atoms with Crippen LogP contribution in [0.3, 0.4) is 0 Å². The molecule has 0 aliphatic carbocycles. The van der Waals surface area contributed by atoms with Crippen LogP contribution in [0, 0.1) is 0 Å². The summed E-state index contributed by atoms with van der Waals surface area (Å²) in [4.78, 5) is 60.3. The van der Waals surface area contributed by atoms with Crippen molar-refractivity contribution in [3.05, 3.63) is 35.4 Å². The van der Waals surface area contributed by atoms with Crippen molar-refractivity contribution in [1.29, 1.82) is 0 Å². The number of nitrogens with one attached hydrogen (secondary N) is 2. The quantitative estimate of drug-likeness (QED) is 0.482. The number of fused-ring (bicyclic) bond motifs is 1.